The molecule has 0 radical (unpaired) electrons. The van der Waals surface area contributed by atoms with Gasteiger partial charge in [0.15, 0.2) is 0 Å². The molecule has 0 aliphatic heterocycles. The van der Waals surface area contributed by atoms with E-state index in [-0.39, 0.29) is 6.10 Å². The maximum absolute atomic E-state index is 10.2. The van der Waals surface area contributed by atoms with Gasteiger partial charge in [-0.3, -0.25) is 0 Å². The number of benzene rings is 1. The highest BCUT2D eigenvalue weighted by Crippen LogP contribution is 2.27. The molecule has 96 valence electrons. The minimum Gasteiger partial charge on any atom is -0.388 e. The molecule has 0 spiro atoms. The summed E-state index contributed by atoms with van der Waals surface area (Å²) in [6.07, 6.45) is 5.48. The minimum atomic E-state index is -0.315. The first-order chi connectivity index (χ1) is 8.17. The van der Waals surface area contributed by atoms with Crippen molar-refractivity contribution in [2.45, 2.75) is 52.1 Å². The summed E-state index contributed by atoms with van der Waals surface area (Å²) in [7, 11) is 0. The Kier molecular flexibility index (Phi) is 6.83. The summed E-state index contributed by atoms with van der Waals surface area (Å²) in [5.74, 6) is 0.647. The number of unbranched alkanes of at least 4 members (excludes halogenated alkanes) is 1. The molecule has 2 unspecified atom stereocenters. The number of hydrogen-bond acceptors (Lipinski definition) is 1. The lowest BCUT2D eigenvalue weighted by Crippen LogP contribution is -2.07. The van der Waals surface area contributed by atoms with Gasteiger partial charge in [-0.1, -0.05) is 67.6 Å². The molecule has 0 bridgehead atoms. The van der Waals surface area contributed by atoms with E-state index in [2.05, 4.69) is 29.8 Å². The minimum absolute atomic E-state index is 0.315. The summed E-state index contributed by atoms with van der Waals surface area (Å²) < 4.78 is 1.06. The van der Waals surface area contributed by atoms with E-state index >= 15 is 0 Å². The molecule has 2 heteroatoms. The first-order valence-electron chi connectivity index (χ1n) is 6.60. The van der Waals surface area contributed by atoms with Crippen LogP contribution in [0.1, 0.15) is 57.6 Å². The first kappa shape index (κ1) is 14.7. The number of aliphatic hydroxyl groups is 1. The van der Waals surface area contributed by atoms with Crippen LogP contribution in [0.15, 0.2) is 28.7 Å². The average Bonchev–Trinajstić information content (AvgIpc) is 2.35. The molecule has 0 saturated heterocycles. The lowest BCUT2D eigenvalue weighted by atomic mass is 9.91. The molecule has 1 N–H and O–H groups in total. The lowest BCUT2D eigenvalue weighted by Gasteiger charge is -2.19. The lowest BCUT2D eigenvalue weighted by molar-refractivity contribution is 0.139. The first-order valence-corrected chi connectivity index (χ1v) is 7.40. The number of rotatable bonds is 7. The van der Waals surface area contributed by atoms with Crippen molar-refractivity contribution in [3.8, 4) is 0 Å². The van der Waals surface area contributed by atoms with Crippen LogP contribution in [0.5, 0.6) is 0 Å². The molecule has 0 aliphatic rings. The third-order valence-electron chi connectivity index (χ3n) is 3.35. The Labute approximate surface area is 113 Å². The van der Waals surface area contributed by atoms with Gasteiger partial charge in [0, 0.05) is 4.47 Å². The van der Waals surface area contributed by atoms with Crippen LogP contribution in [0.4, 0.5) is 0 Å². The van der Waals surface area contributed by atoms with Crippen molar-refractivity contribution in [1.29, 1.82) is 0 Å². The molecule has 0 heterocycles. The second-order valence-electron chi connectivity index (χ2n) is 4.72. The van der Waals surface area contributed by atoms with Crippen LogP contribution >= 0.6 is 15.9 Å². The Bertz CT molecular complexity index is 307. The quantitative estimate of drug-likeness (QED) is 0.743. The molecule has 0 aromatic heterocycles. The summed E-state index contributed by atoms with van der Waals surface area (Å²) in [4.78, 5) is 0. The summed E-state index contributed by atoms with van der Waals surface area (Å²) in [6, 6.07) is 7.99. The van der Waals surface area contributed by atoms with Crippen molar-refractivity contribution in [2.24, 2.45) is 5.92 Å². The predicted octanol–water partition coefficient (Wildman–Crippen LogP) is 5.09. The van der Waals surface area contributed by atoms with E-state index in [1.165, 1.54) is 19.3 Å². The normalized spacial score (nSPS) is 14.6. The zero-order valence-electron chi connectivity index (χ0n) is 10.8. The van der Waals surface area contributed by atoms with Crippen LogP contribution in [0.25, 0.3) is 0 Å². The molecule has 0 fully saturated rings. The third-order valence-corrected chi connectivity index (χ3v) is 3.88. The van der Waals surface area contributed by atoms with Crippen LogP contribution in [-0.4, -0.2) is 5.11 Å². The number of halogens is 1. The van der Waals surface area contributed by atoms with Gasteiger partial charge in [-0.25, -0.2) is 0 Å². The number of hydrogen-bond donors (Lipinski definition) is 1. The van der Waals surface area contributed by atoms with E-state index in [4.69, 9.17) is 0 Å². The Balaban J connectivity index is 2.51. The molecule has 17 heavy (non-hydrogen) atoms. The van der Waals surface area contributed by atoms with Gasteiger partial charge in [0.2, 0.25) is 0 Å². The highest BCUT2D eigenvalue weighted by molar-refractivity contribution is 9.10. The maximum Gasteiger partial charge on any atom is 0.0792 e. The summed E-state index contributed by atoms with van der Waals surface area (Å²) >= 11 is 3.41. The number of aliphatic hydroxyl groups excluding tert-OH is 1. The molecule has 0 aliphatic carbocycles. The topological polar surface area (TPSA) is 20.2 Å². The molecule has 1 nitrogen and oxygen atoms in total. The molecule has 0 amide bonds. The second kappa shape index (κ2) is 7.88. The fraction of sp³-hybridized carbons (Fsp3) is 0.600. The van der Waals surface area contributed by atoms with Crippen molar-refractivity contribution in [3.05, 3.63) is 34.3 Å². The molecular formula is C15H23BrO. The van der Waals surface area contributed by atoms with Crippen molar-refractivity contribution in [1.82, 2.24) is 0 Å². The Morgan fingerprint density at radius 3 is 2.35 bits per heavy atom. The Morgan fingerprint density at radius 2 is 1.82 bits per heavy atom. The van der Waals surface area contributed by atoms with E-state index in [1.807, 2.05) is 24.3 Å². The van der Waals surface area contributed by atoms with Crippen LogP contribution in [-0.2, 0) is 0 Å². The van der Waals surface area contributed by atoms with Gasteiger partial charge in [0.05, 0.1) is 6.10 Å². The van der Waals surface area contributed by atoms with Crippen molar-refractivity contribution in [3.63, 3.8) is 0 Å². The van der Waals surface area contributed by atoms with E-state index < -0.39 is 0 Å². The highest BCUT2D eigenvalue weighted by Gasteiger charge is 2.14. The molecule has 1 aromatic rings. The summed E-state index contributed by atoms with van der Waals surface area (Å²) in [5.41, 5.74) is 1.03. The fourth-order valence-electron chi connectivity index (χ4n) is 2.12. The monoisotopic (exact) mass is 298 g/mol. The molecule has 2 atom stereocenters. The fourth-order valence-corrected chi connectivity index (χ4v) is 2.38. The second-order valence-corrected chi connectivity index (χ2v) is 5.64. The van der Waals surface area contributed by atoms with E-state index in [0.29, 0.717) is 5.92 Å². The zero-order chi connectivity index (χ0) is 12.7. The summed E-state index contributed by atoms with van der Waals surface area (Å²) in [5, 5.41) is 10.2. The SMILES string of the molecule is CCCCC(CC)CC(O)c1ccc(Br)cc1. The zero-order valence-corrected chi connectivity index (χ0v) is 12.4. The van der Waals surface area contributed by atoms with Gasteiger partial charge >= 0.3 is 0 Å². The third kappa shape index (κ3) is 5.22. The van der Waals surface area contributed by atoms with Gasteiger partial charge in [0.25, 0.3) is 0 Å². The van der Waals surface area contributed by atoms with Crippen molar-refractivity contribution >= 4 is 15.9 Å². The van der Waals surface area contributed by atoms with Gasteiger partial charge in [-0.2, -0.15) is 0 Å². The molecule has 1 aromatic carbocycles. The van der Waals surface area contributed by atoms with Crippen LogP contribution < -0.4 is 0 Å². The molecule has 0 saturated carbocycles. The predicted molar refractivity (Wildman–Crippen MR) is 77.0 cm³/mol. The van der Waals surface area contributed by atoms with Crippen LogP contribution in [0, 0.1) is 5.92 Å². The smallest absolute Gasteiger partial charge is 0.0792 e. The van der Waals surface area contributed by atoms with Crippen molar-refractivity contribution < 1.29 is 5.11 Å². The molecular weight excluding hydrogens is 276 g/mol. The van der Waals surface area contributed by atoms with Crippen molar-refractivity contribution in [2.75, 3.05) is 0 Å². The Hall–Kier alpha value is -0.340. The van der Waals surface area contributed by atoms with Gasteiger partial charge in [0.1, 0.15) is 0 Å². The standard InChI is InChI=1S/C15H23BrO/c1-3-5-6-12(4-2)11-15(17)13-7-9-14(16)10-8-13/h7-10,12,15,17H,3-6,11H2,1-2H3. The van der Waals surface area contributed by atoms with Crippen LogP contribution in [0.2, 0.25) is 0 Å². The van der Waals surface area contributed by atoms with Gasteiger partial charge < -0.3 is 5.11 Å². The van der Waals surface area contributed by atoms with E-state index in [0.717, 1.165) is 22.9 Å². The largest absolute Gasteiger partial charge is 0.388 e. The van der Waals surface area contributed by atoms with Gasteiger partial charge in [-0.15, -0.1) is 0 Å². The van der Waals surface area contributed by atoms with Gasteiger partial charge in [-0.05, 0) is 30.0 Å². The van der Waals surface area contributed by atoms with E-state index in [9.17, 15) is 5.11 Å². The van der Waals surface area contributed by atoms with E-state index in [1.54, 1.807) is 0 Å². The van der Waals surface area contributed by atoms with Crippen LogP contribution in [0.3, 0.4) is 0 Å². The average molecular weight is 299 g/mol. The highest BCUT2D eigenvalue weighted by atomic mass is 79.9. The maximum atomic E-state index is 10.2. The molecule has 1 rings (SSSR count). The summed E-state index contributed by atoms with van der Waals surface area (Å²) in [6.45, 7) is 4.44. The Morgan fingerprint density at radius 1 is 1.18 bits per heavy atom.